The molecule has 0 aromatic carbocycles. The first-order valence-electron chi connectivity index (χ1n) is 8.92. The number of ether oxygens (including phenoxy) is 1. The lowest BCUT2D eigenvalue weighted by Gasteiger charge is -2.19. The highest BCUT2D eigenvalue weighted by molar-refractivity contribution is 6.07. The number of esters is 1. The van der Waals surface area contributed by atoms with Crippen molar-refractivity contribution in [3.63, 3.8) is 0 Å². The molecule has 10 nitrogen and oxygen atoms in total. The van der Waals surface area contributed by atoms with Gasteiger partial charge in [0, 0.05) is 19.0 Å². The first-order chi connectivity index (χ1) is 12.9. The van der Waals surface area contributed by atoms with Crippen LogP contribution in [0.2, 0.25) is 0 Å². The predicted molar refractivity (Wildman–Crippen MR) is 91.5 cm³/mol. The Morgan fingerprint density at radius 1 is 1.37 bits per heavy atom. The van der Waals surface area contributed by atoms with Crippen molar-refractivity contribution in [1.29, 1.82) is 0 Å². The van der Waals surface area contributed by atoms with E-state index in [1.54, 1.807) is 6.92 Å². The molecular formula is C17H22N4O6. The lowest BCUT2D eigenvalue weighted by Crippen LogP contribution is -2.44. The number of carbonyl (C=O) groups is 4. The predicted octanol–water partition coefficient (Wildman–Crippen LogP) is 1.11. The minimum Gasteiger partial charge on any atom is -0.456 e. The quantitative estimate of drug-likeness (QED) is 0.537. The summed E-state index contributed by atoms with van der Waals surface area (Å²) in [5.74, 6) is -0.534. The third-order valence-corrected chi connectivity index (χ3v) is 4.73. The molecule has 1 aliphatic carbocycles. The Hall–Kier alpha value is -2.91. The second kappa shape index (κ2) is 7.77. The van der Waals surface area contributed by atoms with Crippen LogP contribution in [0, 0.1) is 6.92 Å². The van der Waals surface area contributed by atoms with Gasteiger partial charge in [-0.25, -0.2) is 4.79 Å². The summed E-state index contributed by atoms with van der Waals surface area (Å²) in [5, 5.41) is 8.82. The molecule has 3 rings (SSSR count). The maximum Gasteiger partial charge on any atom is 0.325 e. The highest BCUT2D eigenvalue weighted by atomic mass is 16.5. The monoisotopic (exact) mass is 378 g/mol. The van der Waals surface area contributed by atoms with Crippen LogP contribution >= 0.6 is 0 Å². The normalized spacial score (nSPS) is 18.0. The molecular weight excluding hydrogens is 356 g/mol. The molecule has 4 amide bonds. The van der Waals surface area contributed by atoms with E-state index in [9.17, 15) is 19.2 Å². The van der Waals surface area contributed by atoms with E-state index in [1.807, 2.05) is 0 Å². The van der Waals surface area contributed by atoms with Gasteiger partial charge in [0.25, 0.3) is 11.8 Å². The summed E-state index contributed by atoms with van der Waals surface area (Å²) in [5.41, 5.74) is -0.741. The van der Waals surface area contributed by atoms with Crippen molar-refractivity contribution >= 4 is 29.6 Å². The van der Waals surface area contributed by atoms with E-state index in [0.717, 1.165) is 17.7 Å². The minimum absolute atomic E-state index is 0.000405. The molecule has 2 fully saturated rings. The van der Waals surface area contributed by atoms with Crippen LogP contribution in [0.5, 0.6) is 0 Å². The molecule has 2 aliphatic rings. The van der Waals surface area contributed by atoms with Gasteiger partial charge in [-0.2, -0.15) is 0 Å². The van der Waals surface area contributed by atoms with Gasteiger partial charge in [-0.1, -0.05) is 18.0 Å². The second-order valence-corrected chi connectivity index (χ2v) is 6.81. The Kier molecular flexibility index (Phi) is 5.43. The molecule has 1 saturated carbocycles. The highest BCUT2D eigenvalue weighted by Crippen LogP contribution is 2.35. The first-order valence-corrected chi connectivity index (χ1v) is 8.92. The number of nitrogens with one attached hydrogen (secondary N) is 2. The number of carbonyl (C=O) groups excluding carboxylic acids is 4. The van der Waals surface area contributed by atoms with Crippen molar-refractivity contribution in [1.82, 2.24) is 15.4 Å². The fourth-order valence-electron chi connectivity index (χ4n) is 3.40. The lowest BCUT2D eigenvalue weighted by molar-refractivity contribution is -0.147. The number of anilines is 1. The Bertz CT molecular complexity index is 752. The molecule has 1 saturated heterocycles. The fourth-order valence-corrected chi connectivity index (χ4v) is 3.40. The molecule has 2 heterocycles. The lowest BCUT2D eigenvalue weighted by atomic mass is 9.98. The summed E-state index contributed by atoms with van der Waals surface area (Å²) in [6, 6.07) is 1.13. The van der Waals surface area contributed by atoms with Crippen LogP contribution in [-0.2, 0) is 19.1 Å². The van der Waals surface area contributed by atoms with Crippen molar-refractivity contribution in [3.8, 4) is 0 Å². The molecule has 10 heteroatoms. The number of nitrogens with zero attached hydrogens (tertiary/aromatic N) is 2. The molecule has 0 atom stereocenters. The molecule has 146 valence electrons. The van der Waals surface area contributed by atoms with Crippen LogP contribution in [-0.4, -0.2) is 52.6 Å². The molecule has 2 N–H and O–H groups in total. The van der Waals surface area contributed by atoms with Gasteiger partial charge in [-0.15, -0.1) is 0 Å². The zero-order valence-corrected chi connectivity index (χ0v) is 15.1. The third kappa shape index (κ3) is 4.26. The molecule has 1 aliphatic heterocycles. The summed E-state index contributed by atoms with van der Waals surface area (Å²) in [6.07, 6.45) is 3.44. The summed E-state index contributed by atoms with van der Waals surface area (Å²) in [6.45, 7) is 1.38. The average Bonchev–Trinajstić information content (AvgIpc) is 3.30. The zero-order chi connectivity index (χ0) is 19.4. The summed E-state index contributed by atoms with van der Waals surface area (Å²) < 4.78 is 9.69. The number of rotatable bonds is 7. The standard InChI is InChI=1S/C17H22N4O6/c1-11-9-12(20-27-11)18-13(22)10-26-14(23)5-4-8-21-15(24)17(19-16(21)25)6-2-3-7-17/h9H,2-8,10H2,1H3,(H,19,25)(H,18,20,22). The second-order valence-electron chi connectivity index (χ2n) is 6.81. The van der Waals surface area contributed by atoms with Crippen LogP contribution < -0.4 is 10.6 Å². The molecule has 0 radical (unpaired) electrons. The smallest absolute Gasteiger partial charge is 0.325 e. The van der Waals surface area contributed by atoms with Crippen LogP contribution in [0.1, 0.15) is 44.3 Å². The number of imide groups is 1. The van der Waals surface area contributed by atoms with Crippen LogP contribution in [0.3, 0.4) is 0 Å². The molecule has 0 unspecified atom stereocenters. The van der Waals surface area contributed by atoms with E-state index >= 15 is 0 Å². The summed E-state index contributed by atoms with van der Waals surface area (Å²) in [7, 11) is 0. The van der Waals surface area contributed by atoms with Gasteiger partial charge in [0.1, 0.15) is 11.3 Å². The van der Waals surface area contributed by atoms with Crippen molar-refractivity contribution in [2.75, 3.05) is 18.5 Å². The van der Waals surface area contributed by atoms with Gasteiger partial charge < -0.3 is 19.9 Å². The maximum absolute atomic E-state index is 12.5. The van der Waals surface area contributed by atoms with Crippen LogP contribution in [0.25, 0.3) is 0 Å². The molecule has 0 bridgehead atoms. The number of aryl methyl sites for hydroxylation is 1. The van der Waals surface area contributed by atoms with E-state index in [-0.39, 0.29) is 31.1 Å². The van der Waals surface area contributed by atoms with Gasteiger partial charge in [0.15, 0.2) is 12.4 Å². The largest absolute Gasteiger partial charge is 0.456 e. The number of amides is 4. The zero-order valence-electron chi connectivity index (χ0n) is 15.1. The molecule has 1 spiro atoms. The third-order valence-electron chi connectivity index (χ3n) is 4.73. The van der Waals surface area contributed by atoms with E-state index in [1.165, 1.54) is 6.07 Å². The number of urea groups is 1. The Morgan fingerprint density at radius 3 is 2.78 bits per heavy atom. The van der Waals surface area contributed by atoms with Crippen molar-refractivity contribution in [2.45, 2.75) is 51.0 Å². The summed E-state index contributed by atoms with van der Waals surface area (Å²) >= 11 is 0. The topological polar surface area (TPSA) is 131 Å². The van der Waals surface area contributed by atoms with Gasteiger partial charge in [-0.05, 0) is 26.2 Å². The van der Waals surface area contributed by atoms with Crippen LogP contribution in [0.4, 0.5) is 10.6 Å². The molecule has 1 aromatic heterocycles. The first kappa shape index (κ1) is 18.9. The van der Waals surface area contributed by atoms with Gasteiger partial charge >= 0.3 is 12.0 Å². The van der Waals surface area contributed by atoms with Gasteiger partial charge in [-0.3, -0.25) is 19.3 Å². The van der Waals surface area contributed by atoms with E-state index in [0.29, 0.717) is 18.6 Å². The Morgan fingerprint density at radius 2 is 2.11 bits per heavy atom. The number of hydrogen-bond donors (Lipinski definition) is 2. The molecule has 27 heavy (non-hydrogen) atoms. The average molecular weight is 378 g/mol. The van der Waals surface area contributed by atoms with Crippen molar-refractivity contribution in [2.24, 2.45) is 0 Å². The summed E-state index contributed by atoms with van der Waals surface area (Å²) in [4.78, 5) is 49.1. The van der Waals surface area contributed by atoms with Crippen LogP contribution in [0.15, 0.2) is 10.6 Å². The highest BCUT2D eigenvalue weighted by Gasteiger charge is 2.52. The van der Waals surface area contributed by atoms with Crippen molar-refractivity contribution in [3.05, 3.63) is 11.8 Å². The van der Waals surface area contributed by atoms with Gasteiger partial charge in [0.2, 0.25) is 0 Å². The Balaban J connectivity index is 1.36. The Labute approximate surface area is 155 Å². The SMILES string of the molecule is Cc1cc(NC(=O)COC(=O)CCCN2C(=O)NC3(CCCC3)C2=O)no1. The van der Waals surface area contributed by atoms with Crippen molar-refractivity contribution < 1.29 is 28.4 Å². The van der Waals surface area contributed by atoms with E-state index in [4.69, 9.17) is 9.26 Å². The number of aromatic nitrogens is 1. The fraction of sp³-hybridized carbons (Fsp3) is 0.588. The van der Waals surface area contributed by atoms with E-state index < -0.39 is 30.1 Å². The minimum atomic E-state index is -0.741. The molecule has 1 aromatic rings. The number of hydrogen-bond acceptors (Lipinski definition) is 7. The van der Waals surface area contributed by atoms with E-state index in [2.05, 4.69) is 15.8 Å². The maximum atomic E-state index is 12.5. The van der Waals surface area contributed by atoms with Gasteiger partial charge in [0.05, 0.1) is 0 Å².